The maximum atomic E-state index is 12.0. The highest BCUT2D eigenvalue weighted by Crippen LogP contribution is 2.19. The first kappa shape index (κ1) is 15.6. The molecule has 0 bridgehead atoms. The van der Waals surface area contributed by atoms with Crippen LogP contribution in [0.15, 0.2) is 0 Å². The number of nitrogens with one attached hydrogen (secondary N) is 1. The predicted octanol–water partition coefficient (Wildman–Crippen LogP) is 1.77. The second-order valence-corrected chi connectivity index (χ2v) is 7.12. The van der Waals surface area contributed by atoms with Crippen molar-refractivity contribution in [2.75, 3.05) is 7.11 Å². The molecule has 1 N–H and O–H groups in total. The third-order valence-corrected chi connectivity index (χ3v) is 4.23. The molecule has 0 radical (unpaired) electrons. The molecule has 96 valence electrons. The standard InChI is InChI=1S/C11H23NO3S/c1-7-11(5,8-9(13)15-6)12-16(14)10(2,3)4/h12H,7-8H2,1-6H3/t11-,16+/m0/s1. The summed E-state index contributed by atoms with van der Waals surface area (Å²) in [6, 6.07) is 0. The van der Waals surface area contributed by atoms with E-state index in [1.807, 2.05) is 34.6 Å². The van der Waals surface area contributed by atoms with Crippen molar-refractivity contribution in [1.82, 2.24) is 4.72 Å². The lowest BCUT2D eigenvalue weighted by atomic mass is 9.96. The molecule has 0 aliphatic carbocycles. The molecular formula is C11H23NO3S. The molecule has 0 aromatic rings. The topological polar surface area (TPSA) is 55.4 Å². The number of esters is 1. The lowest BCUT2D eigenvalue weighted by Crippen LogP contribution is -2.49. The van der Waals surface area contributed by atoms with Crippen molar-refractivity contribution < 1.29 is 13.7 Å². The van der Waals surface area contributed by atoms with E-state index in [2.05, 4.69) is 9.46 Å². The minimum absolute atomic E-state index is 0.224. The second kappa shape index (κ2) is 5.77. The molecule has 0 heterocycles. The summed E-state index contributed by atoms with van der Waals surface area (Å²) in [5.41, 5.74) is -0.481. The summed E-state index contributed by atoms with van der Waals surface area (Å²) in [6.45, 7) is 9.52. The van der Waals surface area contributed by atoms with Crippen molar-refractivity contribution in [2.24, 2.45) is 0 Å². The minimum Gasteiger partial charge on any atom is -0.469 e. The van der Waals surface area contributed by atoms with Crippen LogP contribution in [0.5, 0.6) is 0 Å². The van der Waals surface area contributed by atoms with E-state index in [0.29, 0.717) is 6.42 Å². The Kier molecular flexibility index (Phi) is 5.62. The molecule has 0 unspecified atom stereocenters. The van der Waals surface area contributed by atoms with Crippen LogP contribution in [0.4, 0.5) is 0 Å². The van der Waals surface area contributed by atoms with Crippen molar-refractivity contribution in [3.05, 3.63) is 0 Å². The Hall–Kier alpha value is -0.420. The molecule has 0 aromatic heterocycles. The SMILES string of the molecule is CC[C@@](C)(CC(=O)OC)N[S@](=O)C(C)(C)C. The van der Waals surface area contributed by atoms with Crippen molar-refractivity contribution in [3.8, 4) is 0 Å². The van der Waals surface area contributed by atoms with Gasteiger partial charge in [0.05, 0.1) is 29.3 Å². The number of carbonyl (C=O) groups excluding carboxylic acids is 1. The van der Waals surface area contributed by atoms with Gasteiger partial charge in [-0.2, -0.15) is 0 Å². The molecule has 16 heavy (non-hydrogen) atoms. The molecule has 0 fully saturated rings. The van der Waals surface area contributed by atoms with Gasteiger partial charge in [-0.25, -0.2) is 8.93 Å². The molecule has 0 aromatic carbocycles. The van der Waals surface area contributed by atoms with Gasteiger partial charge >= 0.3 is 5.97 Å². The van der Waals surface area contributed by atoms with Crippen molar-refractivity contribution in [2.45, 2.75) is 57.7 Å². The summed E-state index contributed by atoms with van der Waals surface area (Å²) < 4.78 is 19.3. The highest BCUT2D eigenvalue weighted by molar-refractivity contribution is 7.84. The van der Waals surface area contributed by atoms with Gasteiger partial charge in [0.2, 0.25) is 0 Å². The van der Waals surface area contributed by atoms with Gasteiger partial charge in [-0.3, -0.25) is 4.79 Å². The zero-order valence-electron chi connectivity index (χ0n) is 11.0. The molecule has 4 nitrogen and oxygen atoms in total. The second-order valence-electron chi connectivity index (χ2n) is 5.15. The zero-order chi connectivity index (χ0) is 13.0. The van der Waals surface area contributed by atoms with Crippen LogP contribution in [-0.4, -0.2) is 27.6 Å². The highest BCUT2D eigenvalue weighted by Gasteiger charge is 2.31. The third kappa shape index (κ3) is 5.07. The Morgan fingerprint density at radius 1 is 1.31 bits per heavy atom. The smallest absolute Gasteiger partial charge is 0.307 e. The lowest BCUT2D eigenvalue weighted by molar-refractivity contribution is -0.142. The molecule has 0 rings (SSSR count). The normalized spacial score (nSPS) is 17.6. The van der Waals surface area contributed by atoms with E-state index < -0.39 is 16.5 Å². The van der Waals surface area contributed by atoms with Crippen molar-refractivity contribution >= 4 is 17.0 Å². The summed E-state index contributed by atoms with van der Waals surface area (Å²) in [4.78, 5) is 11.3. The van der Waals surface area contributed by atoms with Crippen LogP contribution < -0.4 is 4.72 Å². The van der Waals surface area contributed by atoms with Crippen molar-refractivity contribution in [1.29, 1.82) is 0 Å². The Balaban J connectivity index is 4.61. The van der Waals surface area contributed by atoms with Gasteiger partial charge in [0.25, 0.3) is 0 Å². The summed E-state index contributed by atoms with van der Waals surface area (Å²) in [5.74, 6) is -0.289. The van der Waals surface area contributed by atoms with E-state index in [4.69, 9.17) is 0 Å². The molecule has 0 amide bonds. The maximum Gasteiger partial charge on any atom is 0.307 e. The molecular weight excluding hydrogens is 226 g/mol. The maximum absolute atomic E-state index is 12.0. The molecule has 0 saturated heterocycles. The number of hydrogen-bond acceptors (Lipinski definition) is 3. The molecule has 0 aliphatic rings. The number of hydrogen-bond donors (Lipinski definition) is 1. The van der Waals surface area contributed by atoms with E-state index >= 15 is 0 Å². The average Bonchev–Trinajstić information content (AvgIpc) is 2.16. The first-order valence-electron chi connectivity index (χ1n) is 5.41. The Labute approximate surface area is 101 Å². The van der Waals surface area contributed by atoms with Crippen LogP contribution in [0.25, 0.3) is 0 Å². The number of methoxy groups -OCH3 is 1. The van der Waals surface area contributed by atoms with E-state index in [-0.39, 0.29) is 17.1 Å². The van der Waals surface area contributed by atoms with Crippen LogP contribution >= 0.6 is 0 Å². The van der Waals surface area contributed by atoms with Gasteiger partial charge in [0.1, 0.15) is 0 Å². The van der Waals surface area contributed by atoms with Crippen LogP contribution in [-0.2, 0) is 20.5 Å². The molecule has 2 atom stereocenters. The molecule has 5 heteroatoms. The Morgan fingerprint density at radius 2 is 1.81 bits per heavy atom. The van der Waals surface area contributed by atoms with E-state index in [1.165, 1.54) is 7.11 Å². The summed E-state index contributed by atoms with van der Waals surface area (Å²) in [6.07, 6.45) is 0.936. The fourth-order valence-corrected chi connectivity index (χ4v) is 1.97. The quantitative estimate of drug-likeness (QED) is 0.756. The summed E-state index contributed by atoms with van der Waals surface area (Å²) in [5, 5.41) is 0. The zero-order valence-corrected chi connectivity index (χ0v) is 11.9. The fraction of sp³-hybridized carbons (Fsp3) is 0.909. The largest absolute Gasteiger partial charge is 0.469 e. The van der Waals surface area contributed by atoms with Gasteiger partial charge in [0, 0.05) is 5.54 Å². The number of ether oxygens (including phenoxy) is 1. The summed E-state index contributed by atoms with van der Waals surface area (Å²) >= 11 is 0. The first-order valence-corrected chi connectivity index (χ1v) is 6.56. The number of rotatable bonds is 5. The van der Waals surface area contributed by atoms with Gasteiger partial charge in [-0.15, -0.1) is 0 Å². The molecule has 0 spiro atoms. The summed E-state index contributed by atoms with van der Waals surface area (Å²) in [7, 11) is 0.177. The van der Waals surface area contributed by atoms with Crippen LogP contribution in [0.1, 0.15) is 47.5 Å². The van der Waals surface area contributed by atoms with Gasteiger partial charge in [-0.05, 0) is 34.1 Å². The lowest BCUT2D eigenvalue weighted by Gasteiger charge is -2.31. The molecule has 0 aliphatic heterocycles. The van der Waals surface area contributed by atoms with Crippen LogP contribution in [0.3, 0.4) is 0 Å². The van der Waals surface area contributed by atoms with Gasteiger partial charge < -0.3 is 4.74 Å². The highest BCUT2D eigenvalue weighted by atomic mass is 32.2. The monoisotopic (exact) mass is 249 g/mol. The van der Waals surface area contributed by atoms with Gasteiger partial charge in [0.15, 0.2) is 0 Å². The Bertz CT molecular complexity index is 273. The Morgan fingerprint density at radius 3 is 2.12 bits per heavy atom. The van der Waals surface area contributed by atoms with E-state index in [1.54, 1.807) is 0 Å². The van der Waals surface area contributed by atoms with E-state index in [9.17, 15) is 9.00 Å². The van der Waals surface area contributed by atoms with E-state index in [0.717, 1.165) is 0 Å². The molecule has 0 saturated carbocycles. The van der Waals surface area contributed by atoms with Crippen LogP contribution in [0, 0.1) is 0 Å². The first-order chi connectivity index (χ1) is 7.14. The number of carbonyl (C=O) groups is 1. The predicted molar refractivity (Wildman–Crippen MR) is 66.4 cm³/mol. The van der Waals surface area contributed by atoms with Gasteiger partial charge in [-0.1, -0.05) is 6.92 Å². The average molecular weight is 249 g/mol. The third-order valence-electron chi connectivity index (χ3n) is 2.44. The minimum atomic E-state index is -1.18. The van der Waals surface area contributed by atoms with Crippen molar-refractivity contribution in [3.63, 3.8) is 0 Å². The van der Waals surface area contributed by atoms with Crippen LogP contribution in [0.2, 0.25) is 0 Å². The fourth-order valence-electron chi connectivity index (χ4n) is 1.00.